The van der Waals surface area contributed by atoms with Crippen LogP contribution in [-0.4, -0.2) is 41.3 Å². The fourth-order valence-electron chi connectivity index (χ4n) is 3.46. The van der Waals surface area contributed by atoms with Crippen molar-refractivity contribution in [3.63, 3.8) is 0 Å². The summed E-state index contributed by atoms with van der Waals surface area (Å²) in [4.78, 5) is 13.7. The van der Waals surface area contributed by atoms with Gasteiger partial charge >= 0.3 is 5.97 Å². The highest BCUT2D eigenvalue weighted by Crippen LogP contribution is 2.29. The van der Waals surface area contributed by atoms with Crippen LogP contribution < -0.4 is 0 Å². The van der Waals surface area contributed by atoms with Crippen LogP contribution in [-0.2, 0) is 11.3 Å². The maximum Gasteiger partial charge on any atom is 0.336 e. The summed E-state index contributed by atoms with van der Waals surface area (Å²) in [6, 6.07) is 7.78. The molecule has 3 rings (SSSR count). The number of morpholine rings is 1. The van der Waals surface area contributed by atoms with Gasteiger partial charge in [0, 0.05) is 19.1 Å². The van der Waals surface area contributed by atoms with Crippen LogP contribution in [0.5, 0.6) is 0 Å². The molecule has 1 saturated heterocycles. The van der Waals surface area contributed by atoms with Gasteiger partial charge in [0.05, 0.1) is 18.3 Å². The summed E-state index contributed by atoms with van der Waals surface area (Å²) in [5.41, 5.74) is 1.33. The molecule has 0 aromatic heterocycles. The largest absolute Gasteiger partial charge is 0.478 e. The summed E-state index contributed by atoms with van der Waals surface area (Å²) < 4.78 is 5.87. The zero-order chi connectivity index (χ0) is 13.9. The van der Waals surface area contributed by atoms with Crippen LogP contribution in [0.25, 0.3) is 0 Å². The Balaban J connectivity index is 1.78. The number of hydrogen-bond acceptors (Lipinski definition) is 3. The molecule has 1 aliphatic carbocycles. The fourth-order valence-corrected chi connectivity index (χ4v) is 3.46. The van der Waals surface area contributed by atoms with E-state index in [1.807, 2.05) is 12.1 Å². The van der Waals surface area contributed by atoms with Gasteiger partial charge in [-0.25, -0.2) is 4.79 Å². The second kappa shape index (κ2) is 5.94. The summed E-state index contributed by atoms with van der Waals surface area (Å²) in [6.07, 6.45) is 5.15. The third-order valence-corrected chi connectivity index (χ3v) is 4.47. The lowest BCUT2D eigenvalue weighted by Crippen LogP contribution is -2.52. The predicted molar refractivity (Wildman–Crippen MR) is 75.8 cm³/mol. The number of carboxylic acids is 1. The van der Waals surface area contributed by atoms with E-state index in [1.54, 1.807) is 12.1 Å². The van der Waals surface area contributed by atoms with E-state index in [0.29, 0.717) is 24.3 Å². The van der Waals surface area contributed by atoms with Crippen molar-refractivity contribution in [3.05, 3.63) is 35.4 Å². The van der Waals surface area contributed by atoms with E-state index >= 15 is 0 Å². The molecule has 1 saturated carbocycles. The quantitative estimate of drug-likeness (QED) is 0.921. The molecule has 2 aliphatic rings. The lowest BCUT2D eigenvalue weighted by Gasteiger charge is -2.44. The molecule has 1 aromatic carbocycles. The second-order valence-electron chi connectivity index (χ2n) is 5.69. The van der Waals surface area contributed by atoms with Crippen LogP contribution in [0.2, 0.25) is 0 Å². The average molecular weight is 275 g/mol. The van der Waals surface area contributed by atoms with E-state index in [4.69, 9.17) is 4.74 Å². The van der Waals surface area contributed by atoms with Crippen LogP contribution in [0.15, 0.2) is 24.3 Å². The smallest absolute Gasteiger partial charge is 0.336 e. The molecule has 0 amide bonds. The van der Waals surface area contributed by atoms with Crippen molar-refractivity contribution in [1.29, 1.82) is 0 Å². The van der Waals surface area contributed by atoms with Gasteiger partial charge < -0.3 is 9.84 Å². The van der Waals surface area contributed by atoms with Gasteiger partial charge in [0.2, 0.25) is 0 Å². The first-order valence-corrected chi connectivity index (χ1v) is 7.42. The Morgan fingerprint density at radius 1 is 1.30 bits per heavy atom. The summed E-state index contributed by atoms with van der Waals surface area (Å²) in [5, 5.41) is 9.28. The first-order chi connectivity index (χ1) is 9.75. The van der Waals surface area contributed by atoms with E-state index in [9.17, 15) is 9.90 Å². The Kier molecular flexibility index (Phi) is 4.03. The van der Waals surface area contributed by atoms with Crippen molar-refractivity contribution in [2.75, 3.05) is 13.2 Å². The molecule has 2 atom stereocenters. The third-order valence-electron chi connectivity index (χ3n) is 4.47. The summed E-state index contributed by atoms with van der Waals surface area (Å²) in [6.45, 7) is 2.37. The number of rotatable bonds is 3. The van der Waals surface area contributed by atoms with E-state index in [1.165, 1.54) is 19.3 Å². The number of aromatic carboxylic acids is 1. The van der Waals surface area contributed by atoms with Crippen LogP contribution in [0, 0.1) is 0 Å². The van der Waals surface area contributed by atoms with Crippen molar-refractivity contribution in [2.24, 2.45) is 0 Å². The molecule has 0 spiro atoms. The van der Waals surface area contributed by atoms with Crippen LogP contribution in [0.4, 0.5) is 0 Å². The van der Waals surface area contributed by atoms with Crippen molar-refractivity contribution in [2.45, 2.75) is 44.4 Å². The highest BCUT2D eigenvalue weighted by atomic mass is 16.5. The molecule has 1 heterocycles. The monoisotopic (exact) mass is 275 g/mol. The van der Waals surface area contributed by atoms with E-state index in [-0.39, 0.29) is 0 Å². The molecular weight excluding hydrogens is 254 g/mol. The molecule has 2 fully saturated rings. The Labute approximate surface area is 119 Å². The van der Waals surface area contributed by atoms with E-state index in [2.05, 4.69) is 4.90 Å². The van der Waals surface area contributed by atoms with Gasteiger partial charge in [-0.05, 0) is 24.5 Å². The maximum absolute atomic E-state index is 11.3. The highest BCUT2D eigenvalue weighted by Gasteiger charge is 2.34. The third kappa shape index (κ3) is 2.72. The first-order valence-electron chi connectivity index (χ1n) is 7.42. The molecule has 1 N–H and O–H groups in total. The zero-order valence-electron chi connectivity index (χ0n) is 11.6. The van der Waals surface area contributed by atoms with Gasteiger partial charge in [0.25, 0.3) is 0 Å². The van der Waals surface area contributed by atoms with Gasteiger partial charge in [-0.2, -0.15) is 0 Å². The van der Waals surface area contributed by atoms with Crippen molar-refractivity contribution >= 4 is 5.97 Å². The van der Waals surface area contributed by atoms with Crippen LogP contribution in [0.3, 0.4) is 0 Å². The number of ether oxygens (including phenoxy) is 1. The highest BCUT2D eigenvalue weighted by molar-refractivity contribution is 5.89. The number of benzene rings is 1. The molecule has 1 aromatic rings. The van der Waals surface area contributed by atoms with E-state index in [0.717, 1.165) is 25.1 Å². The van der Waals surface area contributed by atoms with Gasteiger partial charge in [-0.1, -0.05) is 31.0 Å². The minimum atomic E-state index is -0.839. The number of nitrogens with zero attached hydrogens (tertiary/aromatic N) is 1. The lowest BCUT2D eigenvalue weighted by atomic mass is 9.89. The minimum absolute atomic E-state index is 0.342. The fraction of sp³-hybridized carbons (Fsp3) is 0.562. The molecule has 1 aliphatic heterocycles. The number of carbonyl (C=O) groups is 1. The molecule has 108 valence electrons. The van der Waals surface area contributed by atoms with Crippen LogP contribution in [0.1, 0.15) is 41.6 Å². The number of carboxylic acid groups (broad SMARTS) is 1. The molecule has 4 nitrogen and oxygen atoms in total. The summed E-state index contributed by atoms with van der Waals surface area (Å²) in [5.74, 6) is -0.839. The number of hydrogen-bond donors (Lipinski definition) is 1. The normalized spacial score (nSPS) is 27.0. The molecular formula is C16H21NO3. The topological polar surface area (TPSA) is 49.8 Å². The van der Waals surface area contributed by atoms with Crippen molar-refractivity contribution < 1.29 is 14.6 Å². The minimum Gasteiger partial charge on any atom is -0.478 e. The molecule has 4 heteroatoms. The van der Waals surface area contributed by atoms with Crippen LogP contribution >= 0.6 is 0 Å². The van der Waals surface area contributed by atoms with Gasteiger partial charge in [-0.3, -0.25) is 4.90 Å². The molecule has 0 radical (unpaired) electrons. The van der Waals surface area contributed by atoms with Gasteiger partial charge in [0.1, 0.15) is 0 Å². The molecule has 2 unspecified atom stereocenters. The molecule has 20 heavy (non-hydrogen) atoms. The molecule has 0 bridgehead atoms. The predicted octanol–water partition coefficient (Wildman–Crippen LogP) is 2.53. The Morgan fingerprint density at radius 3 is 2.95 bits per heavy atom. The Morgan fingerprint density at radius 2 is 2.10 bits per heavy atom. The maximum atomic E-state index is 11.3. The standard InChI is InChI=1S/C16H21NO3/c18-16(19)13-6-2-1-5-12(13)11-17-9-10-20-15-8-4-3-7-14(15)17/h1-2,5-6,14-15H,3-4,7-11H2,(H,18,19). The SMILES string of the molecule is O=C(O)c1ccccc1CN1CCOC2CCCCC21. The van der Waals surface area contributed by atoms with E-state index < -0.39 is 5.97 Å². The summed E-state index contributed by atoms with van der Waals surface area (Å²) >= 11 is 0. The lowest BCUT2D eigenvalue weighted by molar-refractivity contribution is -0.0911. The zero-order valence-corrected chi connectivity index (χ0v) is 11.6. The first kappa shape index (κ1) is 13.6. The van der Waals surface area contributed by atoms with Crippen molar-refractivity contribution in [1.82, 2.24) is 4.90 Å². The Bertz CT molecular complexity index is 486. The van der Waals surface area contributed by atoms with Gasteiger partial charge in [0.15, 0.2) is 0 Å². The van der Waals surface area contributed by atoms with Gasteiger partial charge in [-0.15, -0.1) is 0 Å². The Hall–Kier alpha value is -1.39. The number of fused-ring (bicyclic) bond motifs is 1. The van der Waals surface area contributed by atoms with Crippen molar-refractivity contribution in [3.8, 4) is 0 Å². The average Bonchev–Trinajstić information content (AvgIpc) is 2.48. The second-order valence-corrected chi connectivity index (χ2v) is 5.69. The summed E-state index contributed by atoms with van der Waals surface area (Å²) in [7, 11) is 0.